The molecule has 0 bridgehead atoms. The maximum absolute atomic E-state index is 12.3. The number of hydrogen-bond acceptors (Lipinski definition) is 4. The van der Waals surface area contributed by atoms with E-state index in [0.717, 1.165) is 38.6 Å². The maximum atomic E-state index is 12.3. The molecule has 4 rings (SSSR count). The number of carbonyl (C=O) groups excluding carboxylic acids is 2. The van der Waals surface area contributed by atoms with E-state index in [4.69, 9.17) is 4.42 Å². The highest BCUT2D eigenvalue weighted by Gasteiger charge is 2.08. The van der Waals surface area contributed by atoms with E-state index in [0.29, 0.717) is 5.75 Å². The van der Waals surface area contributed by atoms with Crippen molar-refractivity contribution in [3.63, 3.8) is 0 Å². The Balaban J connectivity index is 1.32. The van der Waals surface area contributed by atoms with Crippen LogP contribution in [0.3, 0.4) is 0 Å². The highest BCUT2D eigenvalue weighted by Crippen LogP contribution is 2.28. The zero-order chi connectivity index (χ0) is 20.9. The predicted octanol–water partition coefficient (Wildman–Crippen LogP) is 5.79. The predicted molar refractivity (Wildman–Crippen MR) is 122 cm³/mol. The van der Waals surface area contributed by atoms with Gasteiger partial charge in [0, 0.05) is 34.1 Å². The molecule has 150 valence electrons. The van der Waals surface area contributed by atoms with Crippen LogP contribution in [-0.4, -0.2) is 17.6 Å². The van der Waals surface area contributed by atoms with E-state index >= 15 is 0 Å². The molecule has 0 atom stereocenters. The van der Waals surface area contributed by atoms with Gasteiger partial charge in [-0.1, -0.05) is 18.2 Å². The van der Waals surface area contributed by atoms with Crippen LogP contribution in [0, 0.1) is 0 Å². The van der Waals surface area contributed by atoms with Gasteiger partial charge in [-0.05, 0) is 60.7 Å². The van der Waals surface area contributed by atoms with Gasteiger partial charge < -0.3 is 15.1 Å². The van der Waals surface area contributed by atoms with Crippen molar-refractivity contribution in [3.05, 3.63) is 78.9 Å². The number of benzene rings is 3. The average molecular weight is 417 g/mol. The van der Waals surface area contributed by atoms with Crippen LogP contribution < -0.4 is 10.6 Å². The van der Waals surface area contributed by atoms with Crippen LogP contribution in [0.25, 0.3) is 22.3 Å². The van der Waals surface area contributed by atoms with Crippen LogP contribution >= 0.6 is 11.8 Å². The summed E-state index contributed by atoms with van der Waals surface area (Å²) >= 11 is 1.44. The van der Waals surface area contributed by atoms with E-state index in [9.17, 15) is 9.59 Å². The largest absolute Gasteiger partial charge is 0.456 e. The number of fused-ring (bicyclic) bond motifs is 1. The SMILES string of the molecule is CC(=O)Nc1ccc(SCC(=O)Nc2ccc(-c3cc4ccccc4o3)cc2)cc1. The first-order valence-electron chi connectivity index (χ1n) is 9.46. The normalized spacial score (nSPS) is 10.7. The summed E-state index contributed by atoms with van der Waals surface area (Å²) in [5.41, 5.74) is 3.28. The zero-order valence-electron chi connectivity index (χ0n) is 16.3. The molecule has 1 heterocycles. The van der Waals surface area contributed by atoms with Crippen molar-refractivity contribution in [2.75, 3.05) is 16.4 Å². The molecule has 0 aliphatic rings. The fourth-order valence-electron chi connectivity index (χ4n) is 3.03. The fourth-order valence-corrected chi connectivity index (χ4v) is 3.72. The zero-order valence-corrected chi connectivity index (χ0v) is 17.2. The van der Waals surface area contributed by atoms with Crippen molar-refractivity contribution in [2.45, 2.75) is 11.8 Å². The Bertz CT molecular complexity index is 1150. The highest BCUT2D eigenvalue weighted by atomic mass is 32.2. The van der Waals surface area contributed by atoms with E-state index in [1.807, 2.05) is 78.9 Å². The molecule has 0 saturated heterocycles. The van der Waals surface area contributed by atoms with E-state index in [1.54, 1.807) is 0 Å². The van der Waals surface area contributed by atoms with Crippen LogP contribution in [0.2, 0.25) is 0 Å². The van der Waals surface area contributed by atoms with Crippen LogP contribution in [0.15, 0.2) is 88.2 Å². The summed E-state index contributed by atoms with van der Waals surface area (Å²) in [6.45, 7) is 1.47. The number of thioether (sulfide) groups is 1. The number of para-hydroxylation sites is 1. The lowest BCUT2D eigenvalue weighted by Gasteiger charge is -2.07. The third kappa shape index (κ3) is 4.90. The third-order valence-electron chi connectivity index (χ3n) is 4.42. The molecule has 1 aromatic heterocycles. The lowest BCUT2D eigenvalue weighted by atomic mass is 10.1. The van der Waals surface area contributed by atoms with E-state index in [-0.39, 0.29) is 11.8 Å². The molecular formula is C24H20N2O3S. The number of amides is 2. The number of hydrogen-bond donors (Lipinski definition) is 2. The molecule has 0 aliphatic carbocycles. The molecule has 0 radical (unpaired) electrons. The Morgan fingerprint density at radius 1 is 0.867 bits per heavy atom. The first-order valence-corrected chi connectivity index (χ1v) is 10.4. The molecule has 4 aromatic rings. The van der Waals surface area contributed by atoms with Gasteiger partial charge in [-0.3, -0.25) is 9.59 Å². The Morgan fingerprint density at radius 3 is 2.23 bits per heavy atom. The molecule has 5 nitrogen and oxygen atoms in total. The average Bonchev–Trinajstić information content (AvgIpc) is 3.18. The minimum atomic E-state index is -0.110. The number of furan rings is 1. The molecule has 6 heteroatoms. The van der Waals surface area contributed by atoms with Crippen molar-refractivity contribution < 1.29 is 14.0 Å². The summed E-state index contributed by atoms with van der Waals surface area (Å²) < 4.78 is 5.88. The fraction of sp³-hybridized carbons (Fsp3) is 0.0833. The summed E-state index contributed by atoms with van der Waals surface area (Å²) in [5, 5.41) is 6.69. The Labute approximate surface area is 178 Å². The molecule has 0 spiro atoms. The van der Waals surface area contributed by atoms with Gasteiger partial charge in [0.1, 0.15) is 11.3 Å². The first-order chi connectivity index (χ1) is 14.6. The minimum Gasteiger partial charge on any atom is -0.456 e. The molecule has 2 amide bonds. The molecule has 0 unspecified atom stereocenters. The molecule has 0 fully saturated rings. The molecule has 0 saturated carbocycles. The topological polar surface area (TPSA) is 71.3 Å². The van der Waals surface area contributed by atoms with Gasteiger partial charge in [0.05, 0.1) is 5.75 Å². The van der Waals surface area contributed by atoms with Crippen LogP contribution in [0.1, 0.15) is 6.92 Å². The Kier molecular flexibility index (Phi) is 5.86. The quantitative estimate of drug-likeness (QED) is 0.390. The second-order valence-corrected chi connectivity index (χ2v) is 7.82. The van der Waals surface area contributed by atoms with E-state index in [2.05, 4.69) is 10.6 Å². The number of nitrogens with one attached hydrogen (secondary N) is 2. The standard InChI is InChI=1S/C24H20N2O3S/c1-16(27)25-19-10-12-21(13-11-19)30-15-24(28)26-20-8-6-17(7-9-20)23-14-18-4-2-3-5-22(18)29-23/h2-14H,15H2,1H3,(H,25,27)(H,26,28). The Morgan fingerprint density at radius 2 is 1.53 bits per heavy atom. The van der Waals surface area contributed by atoms with Gasteiger partial charge in [-0.25, -0.2) is 0 Å². The molecule has 0 aliphatic heterocycles. The van der Waals surface area contributed by atoms with E-state index < -0.39 is 0 Å². The van der Waals surface area contributed by atoms with Crippen LogP contribution in [0.5, 0.6) is 0 Å². The second-order valence-electron chi connectivity index (χ2n) is 6.77. The van der Waals surface area contributed by atoms with Gasteiger partial charge in [-0.2, -0.15) is 0 Å². The van der Waals surface area contributed by atoms with Gasteiger partial charge in [0.25, 0.3) is 0 Å². The van der Waals surface area contributed by atoms with Crippen molar-refractivity contribution in [1.82, 2.24) is 0 Å². The first kappa shape index (κ1) is 19.8. The second kappa shape index (κ2) is 8.88. The van der Waals surface area contributed by atoms with Crippen LogP contribution in [0.4, 0.5) is 11.4 Å². The van der Waals surface area contributed by atoms with E-state index in [1.165, 1.54) is 18.7 Å². The summed E-state index contributed by atoms with van der Waals surface area (Å²) in [5.74, 6) is 0.904. The number of carbonyl (C=O) groups is 2. The van der Waals surface area contributed by atoms with Crippen molar-refractivity contribution >= 4 is 45.9 Å². The molecule has 2 N–H and O–H groups in total. The van der Waals surface area contributed by atoms with Gasteiger partial charge in [0.15, 0.2) is 0 Å². The third-order valence-corrected chi connectivity index (χ3v) is 5.44. The van der Waals surface area contributed by atoms with Crippen molar-refractivity contribution in [2.24, 2.45) is 0 Å². The lowest BCUT2D eigenvalue weighted by Crippen LogP contribution is -2.13. The molecule has 30 heavy (non-hydrogen) atoms. The monoisotopic (exact) mass is 416 g/mol. The van der Waals surface area contributed by atoms with Gasteiger partial charge >= 0.3 is 0 Å². The maximum Gasteiger partial charge on any atom is 0.234 e. The Hall–Kier alpha value is -3.51. The van der Waals surface area contributed by atoms with Gasteiger partial charge in [-0.15, -0.1) is 11.8 Å². The highest BCUT2D eigenvalue weighted by molar-refractivity contribution is 8.00. The summed E-state index contributed by atoms with van der Waals surface area (Å²) in [4.78, 5) is 24.3. The van der Waals surface area contributed by atoms with Crippen molar-refractivity contribution in [1.29, 1.82) is 0 Å². The summed E-state index contributed by atoms with van der Waals surface area (Å²) in [6.07, 6.45) is 0. The summed E-state index contributed by atoms with van der Waals surface area (Å²) in [6, 6.07) is 24.9. The smallest absolute Gasteiger partial charge is 0.234 e. The minimum absolute atomic E-state index is 0.0811. The molecular weight excluding hydrogens is 396 g/mol. The number of rotatable bonds is 6. The van der Waals surface area contributed by atoms with Gasteiger partial charge in [0.2, 0.25) is 11.8 Å². The van der Waals surface area contributed by atoms with Crippen LogP contribution in [-0.2, 0) is 9.59 Å². The summed E-state index contributed by atoms with van der Waals surface area (Å²) in [7, 11) is 0. The van der Waals surface area contributed by atoms with Crippen molar-refractivity contribution in [3.8, 4) is 11.3 Å². The number of anilines is 2. The lowest BCUT2D eigenvalue weighted by molar-refractivity contribution is -0.114. The molecule has 3 aromatic carbocycles.